The number of unbranched alkanes of at least 4 members (excludes halogenated alkanes) is 1. The van der Waals surface area contributed by atoms with Crippen molar-refractivity contribution in [2.45, 2.75) is 19.8 Å². The molecule has 0 spiro atoms. The number of hydrogen-bond acceptors (Lipinski definition) is 7. The van der Waals surface area contributed by atoms with Gasteiger partial charge >= 0.3 is 6.03 Å². The van der Waals surface area contributed by atoms with Crippen LogP contribution < -0.4 is 25.0 Å². The monoisotopic (exact) mass is 400 g/mol. The van der Waals surface area contributed by atoms with E-state index < -0.39 is 11.0 Å². The Kier molecular flexibility index (Phi) is 6.46. The molecule has 2 aromatic rings. The number of fused-ring (bicyclic) bond motifs is 1. The first kappa shape index (κ1) is 19.9. The quantitative estimate of drug-likeness (QED) is 0.302. The minimum absolute atomic E-state index is 0.00380. The van der Waals surface area contributed by atoms with Gasteiger partial charge in [0.05, 0.1) is 29.4 Å². The molecule has 10 nitrogen and oxygen atoms in total. The summed E-state index contributed by atoms with van der Waals surface area (Å²) in [5.41, 5.74) is 2.78. The highest BCUT2D eigenvalue weighted by Crippen LogP contribution is 2.37. The van der Waals surface area contributed by atoms with Gasteiger partial charge in [-0.25, -0.2) is 10.2 Å². The van der Waals surface area contributed by atoms with Crippen LogP contribution in [0.2, 0.25) is 0 Å². The topological polar surface area (TPSA) is 124 Å². The summed E-state index contributed by atoms with van der Waals surface area (Å²) >= 11 is 0. The van der Waals surface area contributed by atoms with Gasteiger partial charge in [-0.3, -0.25) is 10.1 Å². The summed E-state index contributed by atoms with van der Waals surface area (Å²) in [6.45, 7) is 2.73. The van der Waals surface area contributed by atoms with Gasteiger partial charge in [0, 0.05) is 5.69 Å². The standard InChI is InChI=1S/C19H20N4O6/c1-2-3-8-27-15-6-4-14(5-7-15)21-19(24)22-20-11-13-9-17-18(29-12-28-17)10-16(13)23(25)26/h4-7,9-11H,2-3,8,12H2,1H3,(H2,21,22,24). The number of anilines is 1. The van der Waals surface area contributed by atoms with Crippen molar-refractivity contribution in [2.75, 3.05) is 18.7 Å². The van der Waals surface area contributed by atoms with Crippen LogP contribution in [0.3, 0.4) is 0 Å². The number of rotatable bonds is 8. The highest BCUT2D eigenvalue weighted by Gasteiger charge is 2.22. The Hall–Kier alpha value is -3.82. The Labute approximate surface area is 166 Å². The molecular formula is C19H20N4O6. The Morgan fingerprint density at radius 1 is 1.28 bits per heavy atom. The smallest absolute Gasteiger partial charge is 0.339 e. The van der Waals surface area contributed by atoms with Crippen molar-refractivity contribution in [1.29, 1.82) is 0 Å². The summed E-state index contributed by atoms with van der Waals surface area (Å²) in [5, 5.41) is 17.6. The number of nitrogens with one attached hydrogen (secondary N) is 2. The summed E-state index contributed by atoms with van der Waals surface area (Å²) < 4.78 is 15.9. The van der Waals surface area contributed by atoms with Crippen molar-refractivity contribution in [1.82, 2.24) is 5.43 Å². The molecule has 1 aliphatic rings. The molecule has 0 saturated heterocycles. The van der Waals surface area contributed by atoms with Gasteiger partial charge < -0.3 is 19.5 Å². The van der Waals surface area contributed by atoms with E-state index in [0.29, 0.717) is 23.8 Å². The van der Waals surface area contributed by atoms with E-state index in [4.69, 9.17) is 14.2 Å². The molecule has 0 aliphatic carbocycles. The fourth-order valence-corrected chi connectivity index (χ4v) is 2.50. The van der Waals surface area contributed by atoms with E-state index in [1.54, 1.807) is 24.3 Å². The number of hydrogen-bond donors (Lipinski definition) is 2. The van der Waals surface area contributed by atoms with E-state index in [1.807, 2.05) is 0 Å². The average molecular weight is 400 g/mol. The summed E-state index contributed by atoms with van der Waals surface area (Å²) in [6, 6.07) is 9.01. The van der Waals surface area contributed by atoms with Crippen LogP contribution in [0.5, 0.6) is 17.2 Å². The summed E-state index contributed by atoms with van der Waals surface area (Å²) in [4.78, 5) is 22.6. The zero-order valence-corrected chi connectivity index (χ0v) is 15.7. The number of ether oxygens (including phenoxy) is 3. The van der Waals surface area contributed by atoms with Crippen LogP contribution in [0.15, 0.2) is 41.5 Å². The lowest BCUT2D eigenvalue weighted by Gasteiger charge is -2.07. The fraction of sp³-hybridized carbons (Fsp3) is 0.263. The van der Waals surface area contributed by atoms with E-state index in [9.17, 15) is 14.9 Å². The summed E-state index contributed by atoms with van der Waals surface area (Å²) in [7, 11) is 0. The highest BCUT2D eigenvalue weighted by atomic mass is 16.7. The molecule has 2 amide bonds. The predicted octanol–water partition coefficient (Wildman–Crippen LogP) is 3.66. The molecule has 0 unspecified atom stereocenters. The van der Waals surface area contributed by atoms with E-state index in [1.165, 1.54) is 18.3 Å². The molecule has 1 heterocycles. The van der Waals surface area contributed by atoms with Crippen LogP contribution in [0.25, 0.3) is 0 Å². The van der Waals surface area contributed by atoms with Crippen molar-refractivity contribution in [3.63, 3.8) is 0 Å². The maximum Gasteiger partial charge on any atom is 0.339 e. The van der Waals surface area contributed by atoms with Gasteiger partial charge in [0.2, 0.25) is 6.79 Å². The molecule has 1 aliphatic heterocycles. The minimum atomic E-state index is -0.593. The maximum atomic E-state index is 12.0. The number of nitro benzene ring substituents is 1. The molecule has 29 heavy (non-hydrogen) atoms. The van der Waals surface area contributed by atoms with Crippen LogP contribution in [0, 0.1) is 10.1 Å². The van der Waals surface area contributed by atoms with Crippen molar-refractivity contribution >= 4 is 23.6 Å². The molecular weight excluding hydrogens is 380 g/mol. The lowest BCUT2D eigenvalue weighted by atomic mass is 10.1. The lowest BCUT2D eigenvalue weighted by Crippen LogP contribution is -2.24. The second-order valence-corrected chi connectivity index (χ2v) is 6.07. The van der Waals surface area contributed by atoms with Gasteiger partial charge in [0.15, 0.2) is 11.5 Å². The van der Waals surface area contributed by atoms with E-state index in [0.717, 1.165) is 18.6 Å². The van der Waals surface area contributed by atoms with Gasteiger partial charge in [-0.1, -0.05) is 13.3 Å². The normalized spacial score (nSPS) is 12.0. The van der Waals surface area contributed by atoms with Crippen LogP contribution in [0.1, 0.15) is 25.3 Å². The summed E-state index contributed by atoms with van der Waals surface area (Å²) in [6.07, 6.45) is 3.20. The number of carbonyl (C=O) groups excluding carboxylic acids is 1. The van der Waals surface area contributed by atoms with Crippen molar-refractivity contribution in [3.8, 4) is 17.2 Å². The Bertz CT molecular complexity index is 914. The third-order valence-electron chi connectivity index (χ3n) is 3.97. The summed E-state index contributed by atoms with van der Waals surface area (Å²) in [5.74, 6) is 1.39. The van der Waals surface area contributed by atoms with Crippen LogP contribution in [-0.2, 0) is 0 Å². The first-order valence-corrected chi connectivity index (χ1v) is 8.97. The SMILES string of the molecule is CCCCOc1ccc(NC(=O)NN=Cc2cc3c(cc2[N+](=O)[O-])OCO3)cc1. The van der Waals surface area contributed by atoms with Crippen molar-refractivity contribution in [3.05, 3.63) is 52.1 Å². The highest BCUT2D eigenvalue weighted by molar-refractivity contribution is 5.91. The van der Waals surface area contributed by atoms with Gasteiger partial charge in [-0.05, 0) is 36.8 Å². The molecule has 0 saturated carbocycles. The van der Waals surface area contributed by atoms with E-state index >= 15 is 0 Å². The number of urea groups is 1. The van der Waals surface area contributed by atoms with E-state index in [2.05, 4.69) is 22.8 Å². The fourth-order valence-electron chi connectivity index (χ4n) is 2.50. The molecule has 0 radical (unpaired) electrons. The Balaban J connectivity index is 1.57. The van der Waals surface area contributed by atoms with E-state index in [-0.39, 0.29) is 18.0 Å². The third-order valence-corrected chi connectivity index (χ3v) is 3.97. The van der Waals surface area contributed by atoms with Gasteiger partial charge in [0.25, 0.3) is 5.69 Å². The van der Waals surface area contributed by atoms with Crippen molar-refractivity contribution in [2.24, 2.45) is 5.10 Å². The first-order chi connectivity index (χ1) is 14.1. The predicted molar refractivity (Wildman–Crippen MR) is 106 cm³/mol. The second kappa shape index (κ2) is 9.40. The largest absolute Gasteiger partial charge is 0.494 e. The molecule has 3 rings (SSSR count). The maximum absolute atomic E-state index is 12.0. The molecule has 0 aromatic heterocycles. The van der Waals surface area contributed by atoms with Gasteiger partial charge in [-0.2, -0.15) is 5.10 Å². The molecule has 10 heteroatoms. The van der Waals surface area contributed by atoms with Crippen LogP contribution in [0.4, 0.5) is 16.2 Å². The van der Waals surface area contributed by atoms with Crippen LogP contribution in [-0.4, -0.2) is 30.6 Å². The zero-order chi connectivity index (χ0) is 20.6. The number of amides is 2. The first-order valence-electron chi connectivity index (χ1n) is 8.97. The number of nitrogens with zero attached hydrogens (tertiary/aromatic N) is 2. The zero-order valence-electron chi connectivity index (χ0n) is 15.7. The van der Waals surface area contributed by atoms with Crippen LogP contribution >= 0.6 is 0 Å². The number of benzene rings is 2. The average Bonchev–Trinajstić information content (AvgIpc) is 3.16. The molecule has 2 aromatic carbocycles. The minimum Gasteiger partial charge on any atom is -0.494 e. The second-order valence-electron chi connectivity index (χ2n) is 6.07. The number of carbonyl (C=O) groups is 1. The van der Waals surface area contributed by atoms with Crippen molar-refractivity contribution < 1.29 is 23.9 Å². The third kappa shape index (κ3) is 5.34. The number of hydrazone groups is 1. The molecule has 0 fully saturated rings. The van der Waals surface area contributed by atoms with Gasteiger partial charge in [-0.15, -0.1) is 0 Å². The number of nitro groups is 1. The molecule has 0 bridgehead atoms. The Morgan fingerprint density at radius 2 is 2.00 bits per heavy atom. The lowest BCUT2D eigenvalue weighted by molar-refractivity contribution is -0.385. The molecule has 152 valence electrons. The molecule has 0 atom stereocenters. The molecule has 2 N–H and O–H groups in total. The Morgan fingerprint density at radius 3 is 2.69 bits per heavy atom. The van der Waals surface area contributed by atoms with Gasteiger partial charge in [0.1, 0.15) is 5.75 Å².